The second kappa shape index (κ2) is 4.78. The third kappa shape index (κ3) is 2.28. The van der Waals surface area contributed by atoms with Gasteiger partial charge >= 0.3 is 0 Å². The molecule has 19 heavy (non-hydrogen) atoms. The van der Waals surface area contributed by atoms with Crippen LogP contribution in [-0.4, -0.2) is 17.3 Å². The van der Waals surface area contributed by atoms with Crippen LogP contribution in [0.2, 0.25) is 0 Å². The molecule has 0 fully saturated rings. The molecule has 0 amide bonds. The first-order valence-electron chi connectivity index (χ1n) is 6.47. The summed E-state index contributed by atoms with van der Waals surface area (Å²) in [6.07, 6.45) is 2.79. The van der Waals surface area contributed by atoms with E-state index < -0.39 is 0 Å². The number of nitrogens with zero attached hydrogens (tertiary/aromatic N) is 2. The van der Waals surface area contributed by atoms with Crippen LogP contribution in [0.25, 0.3) is 0 Å². The molecule has 0 bridgehead atoms. The van der Waals surface area contributed by atoms with Crippen molar-refractivity contribution in [3.63, 3.8) is 0 Å². The maximum atomic E-state index is 11.4. The number of para-hydroxylation sites is 1. The fourth-order valence-electron chi connectivity index (χ4n) is 2.53. The summed E-state index contributed by atoms with van der Waals surface area (Å²) in [4.78, 5) is 18.8. The molecule has 1 aliphatic rings. The topological polar surface area (TPSA) is 33.2 Å². The van der Waals surface area contributed by atoms with Crippen molar-refractivity contribution in [2.24, 2.45) is 5.92 Å². The fraction of sp³-hybridized carbons (Fsp3) is 0.333. The zero-order valence-corrected chi connectivity index (χ0v) is 11.9. The van der Waals surface area contributed by atoms with Gasteiger partial charge in [-0.3, -0.25) is 4.79 Å². The van der Waals surface area contributed by atoms with Gasteiger partial charge in [0.25, 0.3) is 0 Å². The molecule has 0 aliphatic carbocycles. The smallest absolute Gasteiger partial charge is 0.190 e. The Labute approximate surface area is 116 Å². The first-order chi connectivity index (χ1) is 9.15. The van der Waals surface area contributed by atoms with Crippen LogP contribution < -0.4 is 4.90 Å². The Kier molecular flexibility index (Phi) is 3.11. The van der Waals surface area contributed by atoms with E-state index in [4.69, 9.17) is 0 Å². The average Bonchev–Trinajstić information content (AvgIpc) is 2.87. The number of fused-ring (bicyclic) bond motifs is 1. The third-order valence-electron chi connectivity index (χ3n) is 3.42. The normalized spacial score (nSPS) is 18.2. The lowest BCUT2D eigenvalue weighted by Crippen LogP contribution is -2.30. The van der Waals surface area contributed by atoms with E-state index in [-0.39, 0.29) is 5.78 Å². The summed E-state index contributed by atoms with van der Waals surface area (Å²) in [5, 5.41) is 0.921. The summed E-state index contributed by atoms with van der Waals surface area (Å²) in [5.41, 5.74) is 2.59. The number of aromatic nitrogens is 1. The van der Waals surface area contributed by atoms with Crippen LogP contribution in [0.5, 0.6) is 0 Å². The molecular formula is C15H16N2OS. The number of benzene rings is 1. The summed E-state index contributed by atoms with van der Waals surface area (Å²) in [7, 11) is 0. The molecule has 4 heteroatoms. The number of thiazole rings is 1. The van der Waals surface area contributed by atoms with E-state index in [1.165, 1.54) is 22.6 Å². The van der Waals surface area contributed by atoms with Gasteiger partial charge in [0, 0.05) is 19.2 Å². The van der Waals surface area contributed by atoms with E-state index in [9.17, 15) is 4.79 Å². The first-order valence-corrected chi connectivity index (χ1v) is 7.29. The van der Waals surface area contributed by atoms with E-state index in [2.05, 4.69) is 41.1 Å². The summed E-state index contributed by atoms with van der Waals surface area (Å²) in [6.45, 7) is 4.80. The molecule has 3 nitrogen and oxygen atoms in total. The van der Waals surface area contributed by atoms with Crippen LogP contribution in [0.3, 0.4) is 0 Å². The Morgan fingerprint density at radius 1 is 1.42 bits per heavy atom. The molecule has 1 unspecified atom stereocenters. The van der Waals surface area contributed by atoms with Crippen molar-refractivity contribution in [1.29, 1.82) is 0 Å². The lowest BCUT2D eigenvalue weighted by atomic mass is 9.94. The van der Waals surface area contributed by atoms with E-state index in [1.807, 2.05) is 0 Å². The summed E-state index contributed by atoms with van der Waals surface area (Å²) in [5.74, 6) is 0.682. The minimum absolute atomic E-state index is 0.0853. The third-order valence-corrected chi connectivity index (χ3v) is 4.54. The van der Waals surface area contributed by atoms with Gasteiger partial charge in [-0.25, -0.2) is 4.98 Å². The summed E-state index contributed by atoms with van der Waals surface area (Å²) < 4.78 is 0. The average molecular weight is 272 g/mol. The Bertz CT molecular complexity index is 620. The number of rotatable bonds is 2. The zero-order chi connectivity index (χ0) is 13.4. The van der Waals surface area contributed by atoms with Gasteiger partial charge < -0.3 is 4.90 Å². The summed E-state index contributed by atoms with van der Waals surface area (Å²) >= 11 is 1.48. The highest BCUT2D eigenvalue weighted by molar-refractivity contribution is 7.17. The minimum atomic E-state index is 0.0853. The van der Waals surface area contributed by atoms with Crippen molar-refractivity contribution in [2.45, 2.75) is 20.3 Å². The summed E-state index contributed by atoms with van der Waals surface area (Å²) in [6, 6.07) is 8.45. The molecule has 1 aromatic carbocycles. The number of Topliss-reactive ketones (excluding diaryl/α,β-unsaturated/α-hetero) is 1. The van der Waals surface area contributed by atoms with Crippen molar-refractivity contribution >= 4 is 27.9 Å². The molecule has 1 aromatic heterocycles. The number of hydrogen-bond donors (Lipinski definition) is 0. The molecule has 0 saturated carbocycles. The van der Waals surface area contributed by atoms with Crippen LogP contribution >= 0.6 is 11.3 Å². The Morgan fingerprint density at radius 2 is 2.21 bits per heavy atom. The van der Waals surface area contributed by atoms with E-state index in [1.54, 1.807) is 13.1 Å². The number of carbonyl (C=O) groups excluding carboxylic acids is 1. The minimum Gasteiger partial charge on any atom is -0.317 e. The molecular weight excluding hydrogens is 256 g/mol. The predicted octanol–water partition coefficient (Wildman–Crippen LogP) is 3.68. The molecule has 0 radical (unpaired) electrons. The van der Waals surface area contributed by atoms with Gasteiger partial charge in [-0.1, -0.05) is 36.5 Å². The largest absolute Gasteiger partial charge is 0.317 e. The monoisotopic (exact) mass is 272 g/mol. The Balaban J connectivity index is 2.02. The van der Waals surface area contributed by atoms with Crippen LogP contribution in [0.4, 0.5) is 10.8 Å². The number of anilines is 2. The second-order valence-electron chi connectivity index (χ2n) is 5.11. The van der Waals surface area contributed by atoms with Crippen molar-refractivity contribution in [3.8, 4) is 0 Å². The maximum absolute atomic E-state index is 11.4. The molecule has 0 saturated heterocycles. The standard InChI is InChI=1S/C15H16N2OS/c1-10-7-12-5-3-4-6-13(12)17(9-10)15-16-8-14(19-15)11(2)18/h3-6,8,10H,7,9H2,1-2H3. The lowest BCUT2D eigenvalue weighted by Gasteiger charge is -2.32. The van der Waals surface area contributed by atoms with Crippen molar-refractivity contribution < 1.29 is 4.79 Å². The molecule has 0 spiro atoms. The number of carbonyl (C=O) groups is 1. The SMILES string of the molecule is CC(=O)c1cnc(N2CC(C)Cc3ccccc32)s1. The van der Waals surface area contributed by atoms with Crippen molar-refractivity contribution in [1.82, 2.24) is 4.98 Å². The number of ketones is 1. The molecule has 1 aliphatic heterocycles. The highest BCUT2D eigenvalue weighted by atomic mass is 32.1. The quantitative estimate of drug-likeness (QED) is 0.782. The Hall–Kier alpha value is -1.68. The van der Waals surface area contributed by atoms with E-state index in [0.717, 1.165) is 23.0 Å². The number of hydrogen-bond acceptors (Lipinski definition) is 4. The Morgan fingerprint density at radius 3 is 2.95 bits per heavy atom. The van der Waals surface area contributed by atoms with E-state index >= 15 is 0 Å². The molecule has 98 valence electrons. The lowest BCUT2D eigenvalue weighted by molar-refractivity contribution is 0.102. The van der Waals surface area contributed by atoms with Crippen LogP contribution in [0.15, 0.2) is 30.5 Å². The molecule has 2 aromatic rings. The van der Waals surface area contributed by atoms with Gasteiger partial charge in [0.15, 0.2) is 10.9 Å². The molecule has 1 atom stereocenters. The fourth-order valence-corrected chi connectivity index (χ4v) is 3.36. The molecule has 0 N–H and O–H groups in total. The van der Waals surface area contributed by atoms with Crippen LogP contribution in [0, 0.1) is 5.92 Å². The van der Waals surface area contributed by atoms with Gasteiger partial charge in [0.05, 0.1) is 11.1 Å². The second-order valence-corrected chi connectivity index (χ2v) is 6.12. The highest BCUT2D eigenvalue weighted by Gasteiger charge is 2.24. The predicted molar refractivity (Wildman–Crippen MR) is 78.4 cm³/mol. The van der Waals surface area contributed by atoms with E-state index in [0.29, 0.717) is 5.92 Å². The van der Waals surface area contributed by atoms with Gasteiger partial charge in [-0.2, -0.15) is 0 Å². The van der Waals surface area contributed by atoms with Crippen LogP contribution in [-0.2, 0) is 6.42 Å². The molecule has 2 heterocycles. The van der Waals surface area contributed by atoms with Crippen molar-refractivity contribution in [2.75, 3.05) is 11.4 Å². The van der Waals surface area contributed by atoms with Crippen LogP contribution in [0.1, 0.15) is 29.1 Å². The first kappa shape index (κ1) is 12.4. The van der Waals surface area contributed by atoms with Gasteiger partial charge in [-0.05, 0) is 24.0 Å². The van der Waals surface area contributed by atoms with Gasteiger partial charge in [0.1, 0.15) is 0 Å². The highest BCUT2D eigenvalue weighted by Crippen LogP contribution is 2.37. The maximum Gasteiger partial charge on any atom is 0.190 e. The zero-order valence-electron chi connectivity index (χ0n) is 11.1. The molecule has 3 rings (SSSR count). The van der Waals surface area contributed by atoms with Crippen molar-refractivity contribution in [3.05, 3.63) is 40.9 Å². The van der Waals surface area contributed by atoms with Gasteiger partial charge in [0.2, 0.25) is 0 Å². The van der Waals surface area contributed by atoms with Gasteiger partial charge in [-0.15, -0.1) is 0 Å².